The number of ether oxygens (including phenoxy) is 1. The summed E-state index contributed by atoms with van der Waals surface area (Å²) in [6, 6.07) is 1.63. The topological polar surface area (TPSA) is 85.2 Å². The van der Waals surface area contributed by atoms with E-state index in [4.69, 9.17) is 4.74 Å². The van der Waals surface area contributed by atoms with Gasteiger partial charge in [0.25, 0.3) is 5.56 Å². The summed E-state index contributed by atoms with van der Waals surface area (Å²) >= 11 is 0. The Bertz CT molecular complexity index is 807. The van der Waals surface area contributed by atoms with Gasteiger partial charge < -0.3 is 15.0 Å². The summed E-state index contributed by atoms with van der Waals surface area (Å²) in [5, 5.41) is 7.51. The van der Waals surface area contributed by atoms with Crippen molar-refractivity contribution < 1.29 is 4.74 Å². The maximum absolute atomic E-state index is 11.8. The monoisotopic (exact) mass is 358 g/mol. The molecule has 1 N–H and O–H groups in total. The van der Waals surface area contributed by atoms with E-state index < -0.39 is 0 Å². The number of nitrogens with one attached hydrogen (secondary N) is 1. The van der Waals surface area contributed by atoms with Crippen molar-refractivity contribution in [3.05, 3.63) is 40.2 Å². The first kappa shape index (κ1) is 18.3. The van der Waals surface area contributed by atoms with E-state index in [0.717, 1.165) is 55.4 Å². The number of aryl methyl sites for hydroxylation is 3. The summed E-state index contributed by atoms with van der Waals surface area (Å²) in [7, 11) is 1.65. The van der Waals surface area contributed by atoms with E-state index in [1.165, 1.54) is 4.68 Å². The van der Waals surface area contributed by atoms with Crippen molar-refractivity contribution in [3.8, 4) is 0 Å². The summed E-state index contributed by atoms with van der Waals surface area (Å²) in [5.41, 5.74) is 1.88. The molecule has 26 heavy (non-hydrogen) atoms. The Morgan fingerprint density at radius 3 is 3.00 bits per heavy atom. The van der Waals surface area contributed by atoms with E-state index in [1.54, 1.807) is 19.3 Å². The summed E-state index contributed by atoms with van der Waals surface area (Å²) in [6.07, 6.45) is 5.48. The van der Waals surface area contributed by atoms with Gasteiger partial charge in [0.05, 0.1) is 24.6 Å². The van der Waals surface area contributed by atoms with Crippen molar-refractivity contribution in [2.24, 2.45) is 7.05 Å². The maximum Gasteiger partial charge on any atom is 0.268 e. The molecule has 1 aliphatic heterocycles. The van der Waals surface area contributed by atoms with E-state index >= 15 is 0 Å². The molecule has 140 valence electrons. The molecular formula is C18H26N6O2. The molecule has 3 heterocycles. The van der Waals surface area contributed by atoms with Gasteiger partial charge in [0, 0.05) is 44.5 Å². The molecule has 0 aromatic carbocycles. The summed E-state index contributed by atoms with van der Waals surface area (Å²) in [5.74, 6) is 1.67. The fourth-order valence-electron chi connectivity index (χ4n) is 3.02. The average Bonchev–Trinajstić information content (AvgIpc) is 2.64. The van der Waals surface area contributed by atoms with Crippen LogP contribution < -0.4 is 15.8 Å². The Kier molecular flexibility index (Phi) is 5.82. The van der Waals surface area contributed by atoms with E-state index in [9.17, 15) is 4.79 Å². The summed E-state index contributed by atoms with van der Waals surface area (Å²) in [4.78, 5) is 22.7. The molecular weight excluding hydrogens is 332 g/mol. The molecule has 1 atom stereocenters. The lowest BCUT2D eigenvalue weighted by atomic mass is 10.2. The Morgan fingerprint density at radius 1 is 1.38 bits per heavy atom. The van der Waals surface area contributed by atoms with Crippen LogP contribution in [0.5, 0.6) is 0 Å². The molecule has 8 heteroatoms. The quantitative estimate of drug-likeness (QED) is 0.829. The predicted molar refractivity (Wildman–Crippen MR) is 101 cm³/mol. The van der Waals surface area contributed by atoms with Gasteiger partial charge in [0.2, 0.25) is 0 Å². The van der Waals surface area contributed by atoms with Crippen LogP contribution in [0, 0.1) is 6.92 Å². The summed E-state index contributed by atoms with van der Waals surface area (Å²) < 4.78 is 7.22. The molecule has 0 unspecified atom stereocenters. The molecule has 0 bridgehead atoms. The van der Waals surface area contributed by atoms with E-state index in [0.29, 0.717) is 6.61 Å². The van der Waals surface area contributed by atoms with Crippen LogP contribution in [0.3, 0.4) is 0 Å². The van der Waals surface area contributed by atoms with E-state index in [2.05, 4.69) is 32.2 Å². The third kappa shape index (κ3) is 4.37. The van der Waals surface area contributed by atoms with Crippen LogP contribution in [0.1, 0.15) is 24.7 Å². The molecule has 8 nitrogen and oxygen atoms in total. The number of rotatable bonds is 6. The summed E-state index contributed by atoms with van der Waals surface area (Å²) in [6.45, 7) is 6.93. The molecule has 2 aromatic rings. The Morgan fingerprint density at radius 2 is 2.23 bits per heavy atom. The molecule has 1 aliphatic rings. The third-order valence-electron chi connectivity index (χ3n) is 4.58. The van der Waals surface area contributed by atoms with Gasteiger partial charge in [-0.1, -0.05) is 6.92 Å². The SMILES string of the molecule is CCc1cnc(C)nc1NCC[C@H]1CN(c2cnn(C)c(=O)c2)CCO1. The smallest absolute Gasteiger partial charge is 0.268 e. The molecule has 3 rings (SSSR count). The Labute approximate surface area is 153 Å². The van der Waals surface area contributed by atoms with Crippen LogP contribution in [0.4, 0.5) is 11.5 Å². The lowest BCUT2D eigenvalue weighted by Gasteiger charge is -2.34. The number of hydrogen-bond donors (Lipinski definition) is 1. The zero-order valence-electron chi connectivity index (χ0n) is 15.6. The van der Waals surface area contributed by atoms with Crippen LogP contribution >= 0.6 is 0 Å². The third-order valence-corrected chi connectivity index (χ3v) is 4.58. The lowest BCUT2D eigenvalue weighted by Crippen LogP contribution is -2.43. The van der Waals surface area contributed by atoms with Gasteiger partial charge in [0.15, 0.2) is 0 Å². The molecule has 0 amide bonds. The maximum atomic E-state index is 11.8. The molecule has 0 saturated carbocycles. The zero-order chi connectivity index (χ0) is 18.5. The first-order valence-electron chi connectivity index (χ1n) is 9.03. The number of nitrogens with zero attached hydrogens (tertiary/aromatic N) is 5. The minimum Gasteiger partial charge on any atom is -0.374 e. The number of aromatic nitrogens is 4. The highest BCUT2D eigenvalue weighted by molar-refractivity contribution is 5.44. The minimum atomic E-state index is -0.0987. The van der Waals surface area contributed by atoms with Crippen LogP contribution in [0.25, 0.3) is 0 Å². The van der Waals surface area contributed by atoms with Gasteiger partial charge >= 0.3 is 0 Å². The highest BCUT2D eigenvalue weighted by atomic mass is 16.5. The highest BCUT2D eigenvalue weighted by Crippen LogP contribution is 2.17. The van der Waals surface area contributed by atoms with Gasteiger partial charge in [-0.25, -0.2) is 14.6 Å². The number of hydrogen-bond acceptors (Lipinski definition) is 7. The van der Waals surface area contributed by atoms with Gasteiger partial charge in [-0.15, -0.1) is 0 Å². The van der Waals surface area contributed by atoms with Gasteiger partial charge in [-0.3, -0.25) is 4.79 Å². The van der Waals surface area contributed by atoms with Crippen molar-refractivity contribution in [1.82, 2.24) is 19.7 Å². The second-order valence-electron chi connectivity index (χ2n) is 6.47. The molecule has 1 fully saturated rings. The minimum absolute atomic E-state index is 0.0987. The normalized spacial score (nSPS) is 17.3. The highest BCUT2D eigenvalue weighted by Gasteiger charge is 2.21. The van der Waals surface area contributed by atoms with E-state index in [-0.39, 0.29) is 11.7 Å². The van der Waals surface area contributed by atoms with Crippen molar-refractivity contribution in [2.45, 2.75) is 32.8 Å². The fourth-order valence-corrected chi connectivity index (χ4v) is 3.02. The first-order valence-corrected chi connectivity index (χ1v) is 9.03. The second-order valence-corrected chi connectivity index (χ2v) is 6.47. The number of morpholine rings is 1. The van der Waals surface area contributed by atoms with Crippen LogP contribution in [-0.4, -0.2) is 52.1 Å². The standard InChI is InChI=1S/C18H26N6O2/c1-4-14-10-20-13(2)22-18(14)19-6-5-16-12-24(7-8-26-16)15-9-17(25)23(3)21-11-15/h9-11,16H,4-8,12H2,1-3H3,(H,19,20,22)/t16-/m0/s1. The van der Waals surface area contributed by atoms with Crippen molar-refractivity contribution in [2.75, 3.05) is 36.5 Å². The average molecular weight is 358 g/mol. The van der Waals surface area contributed by atoms with Crippen LogP contribution in [0.2, 0.25) is 0 Å². The number of anilines is 2. The van der Waals surface area contributed by atoms with Crippen molar-refractivity contribution in [1.29, 1.82) is 0 Å². The second kappa shape index (κ2) is 8.27. The van der Waals surface area contributed by atoms with Crippen LogP contribution in [0.15, 0.2) is 23.3 Å². The van der Waals surface area contributed by atoms with Gasteiger partial charge in [-0.05, 0) is 19.8 Å². The molecule has 0 spiro atoms. The van der Waals surface area contributed by atoms with Crippen molar-refractivity contribution >= 4 is 11.5 Å². The largest absolute Gasteiger partial charge is 0.374 e. The van der Waals surface area contributed by atoms with Crippen LogP contribution in [-0.2, 0) is 18.2 Å². The fraction of sp³-hybridized carbons (Fsp3) is 0.556. The molecule has 0 aliphatic carbocycles. The van der Waals surface area contributed by atoms with Crippen molar-refractivity contribution in [3.63, 3.8) is 0 Å². The lowest BCUT2D eigenvalue weighted by molar-refractivity contribution is 0.0374. The Hall–Kier alpha value is -2.48. The molecule has 2 aromatic heterocycles. The Balaban J connectivity index is 1.56. The molecule has 0 radical (unpaired) electrons. The zero-order valence-corrected chi connectivity index (χ0v) is 15.6. The van der Waals surface area contributed by atoms with Gasteiger partial charge in [0.1, 0.15) is 11.6 Å². The molecule has 1 saturated heterocycles. The van der Waals surface area contributed by atoms with Gasteiger partial charge in [-0.2, -0.15) is 5.10 Å². The van der Waals surface area contributed by atoms with E-state index in [1.807, 2.05) is 13.1 Å². The predicted octanol–water partition coefficient (Wildman–Crippen LogP) is 1.15. The first-order chi connectivity index (χ1) is 12.6.